The number of likely N-dealkylation sites (tertiary alicyclic amines) is 1. The number of hydrogen-bond acceptors (Lipinski definition) is 3. The lowest BCUT2D eigenvalue weighted by molar-refractivity contribution is -0.138. The van der Waals surface area contributed by atoms with Crippen LogP contribution in [0.4, 0.5) is 0 Å². The first-order valence-corrected chi connectivity index (χ1v) is 5.80. The van der Waals surface area contributed by atoms with Crippen LogP contribution in [0.1, 0.15) is 39.5 Å². The Morgan fingerprint density at radius 1 is 1.44 bits per heavy atom. The Labute approximate surface area is 96.3 Å². The second-order valence-electron chi connectivity index (χ2n) is 3.93. The molecule has 0 aromatic rings. The van der Waals surface area contributed by atoms with Gasteiger partial charge in [-0.05, 0) is 26.7 Å². The van der Waals surface area contributed by atoms with Gasteiger partial charge in [0.15, 0.2) is 0 Å². The van der Waals surface area contributed by atoms with E-state index < -0.39 is 0 Å². The van der Waals surface area contributed by atoms with Gasteiger partial charge in [-0.3, -0.25) is 4.79 Å². The lowest BCUT2D eigenvalue weighted by Crippen LogP contribution is -2.26. The Morgan fingerprint density at radius 3 is 2.88 bits per heavy atom. The molecule has 1 fully saturated rings. The Hall–Kier alpha value is -1.32. The highest BCUT2D eigenvalue weighted by atomic mass is 16.5. The molecule has 0 bridgehead atoms. The Balaban J connectivity index is 2.64. The lowest BCUT2D eigenvalue weighted by Gasteiger charge is -2.16. The van der Waals surface area contributed by atoms with Gasteiger partial charge in [-0.15, -0.1) is 0 Å². The Morgan fingerprint density at radius 2 is 2.19 bits per heavy atom. The van der Waals surface area contributed by atoms with Crippen molar-refractivity contribution in [2.45, 2.75) is 39.5 Å². The fraction of sp³-hybridized carbons (Fsp3) is 0.667. The molecule has 16 heavy (non-hydrogen) atoms. The number of carbonyl (C=O) groups is 2. The molecule has 0 saturated carbocycles. The quantitative estimate of drug-likeness (QED) is 0.544. The summed E-state index contributed by atoms with van der Waals surface area (Å²) in [5.74, 6) is -0.249. The highest BCUT2D eigenvalue weighted by Gasteiger charge is 2.16. The second kappa shape index (κ2) is 6.30. The number of hydrogen-bond donors (Lipinski definition) is 0. The summed E-state index contributed by atoms with van der Waals surface area (Å²) in [5.41, 5.74) is 0.483. The molecule has 1 rings (SSSR count). The van der Waals surface area contributed by atoms with E-state index in [-0.39, 0.29) is 11.9 Å². The summed E-state index contributed by atoms with van der Waals surface area (Å²) in [5, 5.41) is 0. The van der Waals surface area contributed by atoms with E-state index in [1.54, 1.807) is 24.9 Å². The molecule has 0 aliphatic carbocycles. The van der Waals surface area contributed by atoms with Gasteiger partial charge in [0, 0.05) is 19.2 Å². The van der Waals surface area contributed by atoms with Crippen LogP contribution in [-0.4, -0.2) is 29.9 Å². The van der Waals surface area contributed by atoms with Gasteiger partial charge in [0.25, 0.3) is 0 Å². The molecule has 1 amide bonds. The molecule has 0 aromatic heterocycles. The molecule has 1 aliphatic heterocycles. The van der Waals surface area contributed by atoms with E-state index in [1.165, 1.54) is 0 Å². The van der Waals surface area contributed by atoms with E-state index in [0.29, 0.717) is 25.1 Å². The van der Waals surface area contributed by atoms with Crippen LogP contribution in [0.3, 0.4) is 0 Å². The molecule has 0 radical (unpaired) electrons. The molecule has 0 N–H and O–H groups in total. The topological polar surface area (TPSA) is 46.6 Å². The summed E-state index contributed by atoms with van der Waals surface area (Å²) in [6, 6.07) is 0. The van der Waals surface area contributed by atoms with Crippen LogP contribution >= 0.6 is 0 Å². The maximum atomic E-state index is 11.7. The highest BCUT2D eigenvalue weighted by Crippen LogP contribution is 2.12. The molecule has 1 saturated heterocycles. The summed E-state index contributed by atoms with van der Waals surface area (Å²) in [6.07, 6.45) is 5.22. The SMILES string of the molecule is CCOC(=O)C(C)=CN1CCCCCC1=O. The molecule has 1 aliphatic rings. The molecule has 0 spiro atoms. The van der Waals surface area contributed by atoms with Crippen molar-refractivity contribution in [1.82, 2.24) is 4.90 Å². The molecule has 0 unspecified atom stereocenters. The Kier molecular flexibility index (Phi) is 5.02. The summed E-state index contributed by atoms with van der Waals surface area (Å²) in [6.45, 7) is 4.51. The summed E-state index contributed by atoms with van der Waals surface area (Å²) in [7, 11) is 0. The first-order valence-electron chi connectivity index (χ1n) is 5.80. The van der Waals surface area contributed by atoms with Gasteiger partial charge in [0.1, 0.15) is 0 Å². The van der Waals surface area contributed by atoms with Crippen LogP contribution in [0.25, 0.3) is 0 Å². The molecule has 1 heterocycles. The monoisotopic (exact) mass is 225 g/mol. The van der Waals surface area contributed by atoms with Gasteiger partial charge < -0.3 is 9.64 Å². The molecule has 0 atom stereocenters. The standard InChI is InChI=1S/C12H19NO3/c1-3-16-12(15)10(2)9-13-8-6-4-5-7-11(13)14/h9H,3-8H2,1-2H3. The van der Waals surface area contributed by atoms with Crippen molar-refractivity contribution in [3.05, 3.63) is 11.8 Å². The highest BCUT2D eigenvalue weighted by molar-refractivity contribution is 5.88. The van der Waals surface area contributed by atoms with Gasteiger partial charge in [0.05, 0.1) is 12.2 Å². The summed E-state index contributed by atoms with van der Waals surface area (Å²) in [4.78, 5) is 24.7. The van der Waals surface area contributed by atoms with Crippen molar-refractivity contribution >= 4 is 11.9 Å². The number of rotatable bonds is 3. The molecular formula is C12H19NO3. The van der Waals surface area contributed by atoms with Crippen LogP contribution in [-0.2, 0) is 14.3 Å². The molecular weight excluding hydrogens is 206 g/mol. The van der Waals surface area contributed by atoms with E-state index in [0.717, 1.165) is 19.3 Å². The number of nitrogens with zero attached hydrogens (tertiary/aromatic N) is 1. The second-order valence-corrected chi connectivity index (χ2v) is 3.93. The predicted molar refractivity (Wildman–Crippen MR) is 60.6 cm³/mol. The zero-order valence-electron chi connectivity index (χ0n) is 9.99. The van der Waals surface area contributed by atoms with Gasteiger partial charge in [0.2, 0.25) is 5.91 Å². The maximum Gasteiger partial charge on any atom is 0.335 e. The van der Waals surface area contributed by atoms with Crippen LogP contribution in [0, 0.1) is 0 Å². The maximum absolute atomic E-state index is 11.7. The Bertz CT molecular complexity index is 297. The lowest BCUT2D eigenvalue weighted by atomic mass is 10.2. The van der Waals surface area contributed by atoms with Crippen LogP contribution in [0.5, 0.6) is 0 Å². The summed E-state index contributed by atoms with van der Waals surface area (Å²) < 4.78 is 4.87. The van der Waals surface area contributed by atoms with Crippen molar-refractivity contribution < 1.29 is 14.3 Å². The number of ether oxygens (including phenoxy) is 1. The van der Waals surface area contributed by atoms with Crippen molar-refractivity contribution in [1.29, 1.82) is 0 Å². The molecule has 90 valence electrons. The van der Waals surface area contributed by atoms with Crippen LogP contribution < -0.4 is 0 Å². The fourth-order valence-corrected chi connectivity index (χ4v) is 1.67. The minimum absolute atomic E-state index is 0.0983. The van der Waals surface area contributed by atoms with E-state index in [9.17, 15) is 9.59 Å². The number of amides is 1. The van der Waals surface area contributed by atoms with E-state index in [1.807, 2.05) is 0 Å². The smallest absolute Gasteiger partial charge is 0.335 e. The fourth-order valence-electron chi connectivity index (χ4n) is 1.67. The van der Waals surface area contributed by atoms with Gasteiger partial charge >= 0.3 is 5.97 Å². The third-order valence-electron chi connectivity index (χ3n) is 2.56. The molecule has 4 heteroatoms. The van der Waals surface area contributed by atoms with Gasteiger partial charge in [-0.1, -0.05) is 6.42 Å². The zero-order chi connectivity index (χ0) is 12.0. The van der Waals surface area contributed by atoms with Crippen LogP contribution in [0.15, 0.2) is 11.8 Å². The normalized spacial score (nSPS) is 18.2. The average molecular weight is 225 g/mol. The van der Waals surface area contributed by atoms with Gasteiger partial charge in [-0.25, -0.2) is 4.79 Å². The van der Waals surface area contributed by atoms with Crippen molar-refractivity contribution in [3.63, 3.8) is 0 Å². The van der Waals surface area contributed by atoms with Gasteiger partial charge in [-0.2, -0.15) is 0 Å². The third kappa shape index (κ3) is 3.68. The molecule has 4 nitrogen and oxygen atoms in total. The first-order chi connectivity index (χ1) is 7.65. The molecule has 0 aromatic carbocycles. The van der Waals surface area contributed by atoms with Crippen LogP contribution in [0.2, 0.25) is 0 Å². The minimum Gasteiger partial charge on any atom is -0.463 e. The third-order valence-corrected chi connectivity index (χ3v) is 2.56. The zero-order valence-corrected chi connectivity index (χ0v) is 9.99. The summed E-state index contributed by atoms with van der Waals surface area (Å²) >= 11 is 0. The van der Waals surface area contributed by atoms with E-state index in [2.05, 4.69) is 0 Å². The predicted octanol–water partition coefficient (Wildman–Crippen LogP) is 1.86. The van der Waals surface area contributed by atoms with Crippen molar-refractivity contribution in [3.8, 4) is 0 Å². The number of esters is 1. The first kappa shape index (κ1) is 12.7. The van der Waals surface area contributed by atoms with E-state index >= 15 is 0 Å². The van der Waals surface area contributed by atoms with E-state index in [4.69, 9.17) is 4.74 Å². The van der Waals surface area contributed by atoms with Crippen molar-refractivity contribution in [2.75, 3.05) is 13.2 Å². The average Bonchev–Trinajstić information content (AvgIpc) is 2.45. The largest absolute Gasteiger partial charge is 0.463 e. The minimum atomic E-state index is -0.348. The van der Waals surface area contributed by atoms with Crippen molar-refractivity contribution in [2.24, 2.45) is 0 Å². The number of carbonyl (C=O) groups excluding carboxylic acids is 2.